The summed E-state index contributed by atoms with van der Waals surface area (Å²) in [5.41, 5.74) is 0.996. The Bertz CT molecular complexity index is 649. The Morgan fingerprint density at radius 3 is 2.40 bits per heavy atom. The summed E-state index contributed by atoms with van der Waals surface area (Å²) >= 11 is 12.4. The highest BCUT2D eigenvalue weighted by atomic mass is 79.9. The highest BCUT2D eigenvalue weighted by molar-refractivity contribution is 9.11. The van der Waals surface area contributed by atoms with Crippen LogP contribution < -0.4 is 5.32 Å². The van der Waals surface area contributed by atoms with Gasteiger partial charge in [0.2, 0.25) is 0 Å². The summed E-state index contributed by atoms with van der Waals surface area (Å²) in [5.74, 6) is -1.20. The van der Waals surface area contributed by atoms with Crippen LogP contribution in [0.1, 0.15) is 17.2 Å². The largest absolute Gasteiger partial charge is 0.309 e. The molecule has 2 aromatic rings. The third-order valence-corrected chi connectivity index (χ3v) is 4.41. The maximum atomic E-state index is 14.1. The van der Waals surface area contributed by atoms with E-state index >= 15 is 0 Å². The fourth-order valence-electron chi connectivity index (χ4n) is 1.97. The predicted molar refractivity (Wildman–Crippen MR) is 84.1 cm³/mol. The van der Waals surface area contributed by atoms with E-state index in [1.807, 2.05) is 18.2 Å². The fraction of sp³-hybridized carbons (Fsp3) is 0.143. The summed E-state index contributed by atoms with van der Waals surface area (Å²) in [6.45, 7) is 0. The average Bonchev–Trinajstić information content (AvgIpc) is 2.40. The molecule has 6 heteroatoms. The molecule has 0 spiro atoms. The van der Waals surface area contributed by atoms with E-state index in [4.69, 9.17) is 11.6 Å². The molecule has 0 heterocycles. The van der Waals surface area contributed by atoms with Gasteiger partial charge in [0.15, 0.2) is 0 Å². The smallest absolute Gasteiger partial charge is 0.142 e. The molecule has 1 atom stereocenters. The minimum Gasteiger partial charge on any atom is -0.309 e. The van der Waals surface area contributed by atoms with Crippen LogP contribution >= 0.6 is 43.5 Å². The van der Waals surface area contributed by atoms with Crippen molar-refractivity contribution in [3.05, 3.63) is 67.1 Å². The van der Waals surface area contributed by atoms with Crippen molar-refractivity contribution in [1.29, 1.82) is 0 Å². The maximum Gasteiger partial charge on any atom is 0.142 e. The van der Waals surface area contributed by atoms with Crippen molar-refractivity contribution >= 4 is 43.5 Å². The molecule has 2 aromatic carbocycles. The SMILES string of the molecule is CNC(c1cc(F)c(Cl)cc1F)c1cc(Br)ccc1Br. The molecule has 0 fully saturated rings. The first-order valence-electron chi connectivity index (χ1n) is 5.70. The van der Waals surface area contributed by atoms with Gasteiger partial charge in [-0.1, -0.05) is 43.5 Å². The second-order valence-corrected chi connectivity index (χ2v) is 6.35. The van der Waals surface area contributed by atoms with Crippen molar-refractivity contribution in [2.24, 2.45) is 0 Å². The van der Waals surface area contributed by atoms with Crippen LogP contribution in [0.25, 0.3) is 0 Å². The molecule has 20 heavy (non-hydrogen) atoms. The molecule has 106 valence electrons. The molecule has 0 bridgehead atoms. The molecule has 0 aliphatic heterocycles. The Hall–Kier alpha value is -0.490. The second kappa shape index (κ2) is 6.52. The number of hydrogen-bond acceptors (Lipinski definition) is 1. The van der Waals surface area contributed by atoms with E-state index in [-0.39, 0.29) is 10.6 Å². The van der Waals surface area contributed by atoms with Gasteiger partial charge in [-0.05, 0) is 42.9 Å². The van der Waals surface area contributed by atoms with Gasteiger partial charge in [0, 0.05) is 14.5 Å². The number of halogens is 5. The van der Waals surface area contributed by atoms with Crippen LogP contribution in [0.4, 0.5) is 8.78 Å². The van der Waals surface area contributed by atoms with Gasteiger partial charge in [0.05, 0.1) is 11.1 Å². The highest BCUT2D eigenvalue weighted by Gasteiger charge is 2.21. The first-order valence-corrected chi connectivity index (χ1v) is 7.67. The molecule has 1 unspecified atom stereocenters. The van der Waals surface area contributed by atoms with Gasteiger partial charge < -0.3 is 5.32 Å². The van der Waals surface area contributed by atoms with Crippen molar-refractivity contribution in [3.8, 4) is 0 Å². The third-order valence-electron chi connectivity index (χ3n) is 2.91. The summed E-state index contributed by atoms with van der Waals surface area (Å²) in [6.07, 6.45) is 0. The van der Waals surface area contributed by atoms with E-state index in [2.05, 4.69) is 37.2 Å². The van der Waals surface area contributed by atoms with Crippen molar-refractivity contribution in [3.63, 3.8) is 0 Å². The normalized spacial score (nSPS) is 12.5. The standard InChI is InChI=1S/C14H10Br2ClF2N/c1-20-14(8-4-7(15)2-3-10(8)16)9-5-13(19)11(17)6-12(9)18/h2-6,14,20H,1H3. The van der Waals surface area contributed by atoms with E-state index in [0.717, 1.165) is 26.6 Å². The first kappa shape index (κ1) is 15.9. The molecule has 0 aliphatic carbocycles. The van der Waals surface area contributed by atoms with Crippen LogP contribution in [0, 0.1) is 11.6 Å². The number of benzene rings is 2. The zero-order valence-electron chi connectivity index (χ0n) is 10.4. The fourth-order valence-corrected chi connectivity index (χ4v) is 2.98. The molecule has 0 aliphatic rings. The van der Waals surface area contributed by atoms with Gasteiger partial charge in [0.1, 0.15) is 11.6 Å². The van der Waals surface area contributed by atoms with Crippen LogP contribution in [0.2, 0.25) is 5.02 Å². The maximum absolute atomic E-state index is 14.1. The summed E-state index contributed by atoms with van der Waals surface area (Å²) in [7, 11) is 1.68. The van der Waals surface area contributed by atoms with Gasteiger partial charge in [-0.15, -0.1) is 0 Å². The number of rotatable bonds is 3. The molecular formula is C14H10Br2ClF2N. The lowest BCUT2D eigenvalue weighted by atomic mass is 9.98. The quantitative estimate of drug-likeness (QED) is 0.645. The van der Waals surface area contributed by atoms with Crippen molar-refractivity contribution in [2.75, 3.05) is 7.05 Å². The molecule has 2 rings (SSSR count). The summed E-state index contributed by atoms with van der Waals surface area (Å²) < 4.78 is 29.3. The second-order valence-electron chi connectivity index (χ2n) is 4.18. The Labute approximate surface area is 137 Å². The monoisotopic (exact) mass is 423 g/mol. The summed E-state index contributed by atoms with van der Waals surface area (Å²) in [5, 5.41) is 2.76. The topological polar surface area (TPSA) is 12.0 Å². The molecule has 1 N–H and O–H groups in total. The van der Waals surface area contributed by atoms with Gasteiger partial charge in [-0.3, -0.25) is 0 Å². The first-order chi connectivity index (χ1) is 9.43. The van der Waals surface area contributed by atoms with Crippen LogP contribution in [-0.4, -0.2) is 7.05 Å². The lowest BCUT2D eigenvalue weighted by Gasteiger charge is -2.20. The van der Waals surface area contributed by atoms with Crippen LogP contribution in [0.5, 0.6) is 0 Å². The average molecular weight is 425 g/mol. The molecule has 0 radical (unpaired) electrons. The summed E-state index contributed by atoms with van der Waals surface area (Å²) in [4.78, 5) is 0. The zero-order valence-corrected chi connectivity index (χ0v) is 14.3. The molecule has 0 amide bonds. The molecule has 0 saturated carbocycles. The Kier molecular flexibility index (Phi) is 5.18. The van der Waals surface area contributed by atoms with Gasteiger partial charge in [-0.2, -0.15) is 0 Å². The van der Waals surface area contributed by atoms with Crippen molar-refractivity contribution in [2.45, 2.75) is 6.04 Å². The lowest BCUT2D eigenvalue weighted by molar-refractivity contribution is 0.558. The summed E-state index contributed by atoms with van der Waals surface area (Å²) in [6, 6.07) is 7.16. The molecule has 0 saturated heterocycles. The van der Waals surface area contributed by atoms with Crippen molar-refractivity contribution in [1.82, 2.24) is 5.32 Å². The van der Waals surface area contributed by atoms with E-state index in [1.54, 1.807) is 7.05 Å². The minimum absolute atomic E-state index is 0.202. The van der Waals surface area contributed by atoms with Gasteiger partial charge in [-0.25, -0.2) is 8.78 Å². The van der Waals surface area contributed by atoms with E-state index in [0.29, 0.717) is 0 Å². The Morgan fingerprint density at radius 1 is 1.05 bits per heavy atom. The minimum atomic E-state index is -0.644. The number of hydrogen-bond donors (Lipinski definition) is 1. The Balaban J connectivity index is 2.58. The Morgan fingerprint density at radius 2 is 1.75 bits per heavy atom. The van der Waals surface area contributed by atoms with Crippen LogP contribution in [0.15, 0.2) is 39.3 Å². The predicted octanol–water partition coefficient (Wildman–Crippen LogP) is 5.45. The molecule has 0 aromatic heterocycles. The van der Waals surface area contributed by atoms with E-state index in [1.165, 1.54) is 0 Å². The van der Waals surface area contributed by atoms with E-state index < -0.39 is 17.7 Å². The van der Waals surface area contributed by atoms with Crippen LogP contribution in [0.3, 0.4) is 0 Å². The van der Waals surface area contributed by atoms with Gasteiger partial charge >= 0.3 is 0 Å². The molecule has 1 nitrogen and oxygen atoms in total. The van der Waals surface area contributed by atoms with Gasteiger partial charge in [0.25, 0.3) is 0 Å². The van der Waals surface area contributed by atoms with E-state index in [9.17, 15) is 8.78 Å². The zero-order chi connectivity index (χ0) is 14.9. The van der Waals surface area contributed by atoms with Crippen molar-refractivity contribution < 1.29 is 8.78 Å². The van der Waals surface area contributed by atoms with Crippen LogP contribution in [-0.2, 0) is 0 Å². The lowest BCUT2D eigenvalue weighted by Crippen LogP contribution is -2.19. The number of nitrogens with one attached hydrogen (secondary N) is 1. The highest BCUT2D eigenvalue weighted by Crippen LogP contribution is 2.33. The molecular weight excluding hydrogens is 415 g/mol. The third kappa shape index (κ3) is 3.22.